The lowest BCUT2D eigenvalue weighted by molar-refractivity contribution is 0.173. The summed E-state index contributed by atoms with van der Waals surface area (Å²) in [6.45, 7) is 4.25. The van der Waals surface area contributed by atoms with E-state index in [9.17, 15) is 9.18 Å². The van der Waals surface area contributed by atoms with Crippen molar-refractivity contribution < 1.29 is 13.9 Å². The Balaban J connectivity index is 1.59. The largest absolute Gasteiger partial charge is 0.447 e. The second kappa shape index (κ2) is 6.61. The third-order valence-corrected chi connectivity index (χ3v) is 5.51. The van der Waals surface area contributed by atoms with E-state index in [4.69, 9.17) is 4.74 Å². The summed E-state index contributed by atoms with van der Waals surface area (Å²) in [5, 5.41) is 10.8. The lowest BCUT2D eigenvalue weighted by Crippen LogP contribution is -2.44. The average molecular weight is 407 g/mol. The van der Waals surface area contributed by atoms with Crippen LogP contribution < -0.4 is 4.90 Å². The van der Waals surface area contributed by atoms with Gasteiger partial charge in [0, 0.05) is 11.8 Å². The summed E-state index contributed by atoms with van der Waals surface area (Å²) < 4.78 is 21.6. The number of carbonyl (C=O) groups excluding carboxylic acids is 1. The van der Waals surface area contributed by atoms with Crippen molar-refractivity contribution >= 4 is 17.6 Å². The number of halogens is 1. The van der Waals surface area contributed by atoms with Gasteiger partial charge in [0.2, 0.25) is 0 Å². The number of rotatable bonds is 4. The molecule has 0 saturated carbocycles. The van der Waals surface area contributed by atoms with Gasteiger partial charge < -0.3 is 4.74 Å². The van der Waals surface area contributed by atoms with E-state index in [1.54, 1.807) is 40.0 Å². The first-order valence-electron chi connectivity index (χ1n) is 9.47. The van der Waals surface area contributed by atoms with Crippen LogP contribution in [0.25, 0.3) is 28.2 Å². The minimum atomic E-state index is -0.479. The topological polar surface area (TPSA) is 101 Å². The van der Waals surface area contributed by atoms with Gasteiger partial charge in [-0.1, -0.05) is 13.0 Å². The van der Waals surface area contributed by atoms with Crippen LogP contribution in [0.1, 0.15) is 20.3 Å². The minimum Gasteiger partial charge on any atom is -0.447 e. The summed E-state index contributed by atoms with van der Waals surface area (Å²) in [5.74, 6) is 0.295. The van der Waals surface area contributed by atoms with Gasteiger partial charge in [-0.15, -0.1) is 0 Å². The number of hydrogen-bond donors (Lipinski definition) is 1. The molecular weight excluding hydrogens is 389 g/mol. The van der Waals surface area contributed by atoms with Crippen LogP contribution in [0.4, 0.5) is 15.0 Å². The molecule has 1 atom stereocenters. The van der Waals surface area contributed by atoms with Gasteiger partial charge in [0.05, 0.1) is 17.3 Å². The normalized spacial score (nSPS) is 18.9. The fourth-order valence-corrected chi connectivity index (χ4v) is 3.59. The Bertz CT molecular complexity index is 1250. The smallest absolute Gasteiger partial charge is 0.416 e. The van der Waals surface area contributed by atoms with Crippen LogP contribution in [0.2, 0.25) is 0 Å². The van der Waals surface area contributed by atoms with Gasteiger partial charge in [0.25, 0.3) is 0 Å². The summed E-state index contributed by atoms with van der Waals surface area (Å²) >= 11 is 0. The molecule has 1 aliphatic heterocycles. The second-order valence-electron chi connectivity index (χ2n) is 7.37. The fourth-order valence-electron chi connectivity index (χ4n) is 3.59. The van der Waals surface area contributed by atoms with Crippen molar-refractivity contribution in [3.05, 3.63) is 48.8 Å². The third-order valence-electron chi connectivity index (χ3n) is 5.51. The van der Waals surface area contributed by atoms with E-state index in [0.717, 1.165) is 0 Å². The number of aromatic nitrogens is 6. The molecule has 1 saturated heterocycles. The molecule has 1 N–H and O–H groups in total. The molecule has 10 heteroatoms. The van der Waals surface area contributed by atoms with Crippen molar-refractivity contribution in [3.8, 4) is 22.5 Å². The average Bonchev–Trinajstić information content (AvgIpc) is 3.47. The number of cyclic esters (lactones) is 1. The molecule has 0 bridgehead atoms. The summed E-state index contributed by atoms with van der Waals surface area (Å²) in [6, 6.07) is 6.50. The molecule has 1 unspecified atom stereocenters. The van der Waals surface area contributed by atoms with Crippen molar-refractivity contribution in [2.24, 2.45) is 0 Å². The van der Waals surface area contributed by atoms with Gasteiger partial charge in [-0.3, -0.25) is 10.00 Å². The van der Waals surface area contributed by atoms with Crippen molar-refractivity contribution in [2.75, 3.05) is 11.5 Å². The third kappa shape index (κ3) is 2.71. The molecule has 5 rings (SSSR count). The van der Waals surface area contributed by atoms with Crippen LogP contribution in [0, 0.1) is 5.82 Å². The number of carbonyl (C=O) groups is 1. The van der Waals surface area contributed by atoms with Crippen molar-refractivity contribution in [1.82, 2.24) is 29.8 Å². The standard InChI is InChI=1S/C20H18FN7O2/c1-3-20(2)10-30-19(29)28(20)16-6-7-27-18(25-16)14(9-24-27)12-4-5-13(15(21)8-12)17-22-11-23-26-17/h4-9,11H,3,10H2,1-2H3,(H,22,23,26). The number of anilines is 1. The Kier molecular flexibility index (Phi) is 4.02. The highest BCUT2D eigenvalue weighted by molar-refractivity contribution is 5.91. The van der Waals surface area contributed by atoms with E-state index in [-0.39, 0.29) is 5.82 Å². The van der Waals surface area contributed by atoms with Gasteiger partial charge in [0.15, 0.2) is 11.5 Å². The van der Waals surface area contributed by atoms with Gasteiger partial charge in [-0.2, -0.15) is 10.2 Å². The molecule has 30 heavy (non-hydrogen) atoms. The number of benzene rings is 1. The van der Waals surface area contributed by atoms with Crippen molar-refractivity contribution in [1.29, 1.82) is 0 Å². The molecule has 3 aromatic heterocycles. The fraction of sp³-hybridized carbons (Fsp3) is 0.250. The van der Waals surface area contributed by atoms with E-state index in [2.05, 4.69) is 25.3 Å². The van der Waals surface area contributed by atoms with Crippen LogP contribution in [0.3, 0.4) is 0 Å². The van der Waals surface area contributed by atoms with Crippen LogP contribution >= 0.6 is 0 Å². The highest BCUT2D eigenvalue weighted by Gasteiger charge is 2.44. The molecule has 152 valence electrons. The monoisotopic (exact) mass is 407 g/mol. The summed E-state index contributed by atoms with van der Waals surface area (Å²) in [5.41, 5.74) is 1.57. The number of aromatic amines is 1. The van der Waals surface area contributed by atoms with Crippen LogP contribution in [0.5, 0.6) is 0 Å². The maximum atomic E-state index is 14.7. The Morgan fingerprint density at radius 1 is 1.30 bits per heavy atom. The van der Waals surface area contributed by atoms with E-state index in [1.165, 1.54) is 12.4 Å². The maximum Gasteiger partial charge on any atom is 0.416 e. The molecule has 1 fully saturated rings. The molecule has 1 aliphatic rings. The highest BCUT2D eigenvalue weighted by atomic mass is 19.1. The summed E-state index contributed by atoms with van der Waals surface area (Å²) in [7, 11) is 0. The minimum absolute atomic E-state index is 0.283. The Hall–Kier alpha value is -3.82. The molecule has 4 aromatic rings. The molecule has 4 heterocycles. The van der Waals surface area contributed by atoms with Gasteiger partial charge >= 0.3 is 6.09 Å². The molecule has 1 aromatic carbocycles. The predicted molar refractivity (Wildman–Crippen MR) is 106 cm³/mol. The summed E-state index contributed by atoms with van der Waals surface area (Å²) in [6.07, 6.45) is 5.02. The molecule has 0 aliphatic carbocycles. The van der Waals surface area contributed by atoms with E-state index in [1.807, 2.05) is 13.8 Å². The zero-order valence-corrected chi connectivity index (χ0v) is 16.3. The molecule has 0 radical (unpaired) electrons. The van der Waals surface area contributed by atoms with Crippen LogP contribution in [-0.2, 0) is 4.74 Å². The van der Waals surface area contributed by atoms with E-state index in [0.29, 0.717) is 41.2 Å². The second-order valence-corrected chi connectivity index (χ2v) is 7.37. The number of ether oxygens (including phenoxy) is 1. The van der Waals surface area contributed by atoms with Crippen molar-refractivity contribution in [2.45, 2.75) is 25.8 Å². The van der Waals surface area contributed by atoms with Crippen LogP contribution in [-0.4, -0.2) is 48.0 Å². The Morgan fingerprint density at radius 2 is 2.17 bits per heavy atom. The van der Waals surface area contributed by atoms with E-state index >= 15 is 0 Å². The Labute approximate surface area is 170 Å². The first-order chi connectivity index (χ1) is 14.5. The number of fused-ring (bicyclic) bond motifs is 1. The number of amides is 1. The number of nitrogens with zero attached hydrogens (tertiary/aromatic N) is 6. The quantitative estimate of drug-likeness (QED) is 0.556. The number of H-pyrrole nitrogens is 1. The molecule has 9 nitrogen and oxygen atoms in total. The summed E-state index contributed by atoms with van der Waals surface area (Å²) in [4.78, 5) is 22.6. The zero-order chi connectivity index (χ0) is 20.9. The van der Waals surface area contributed by atoms with Crippen LogP contribution in [0.15, 0.2) is 43.0 Å². The SMILES string of the molecule is CCC1(C)COC(=O)N1c1ccn2ncc(-c3ccc(-c4nc[nH]n4)c(F)c3)c2n1. The van der Waals surface area contributed by atoms with Crippen molar-refractivity contribution in [3.63, 3.8) is 0 Å². The number of hydrogen-bond acceptors (Lipinski definition) is 6. The van der Waals surface area contributed by atoms with E-state index < -0.39 is 17.4 Å². The first kappa shape index (κ1) is 18.2. The lowest BCUT2D eigenvalue weighted by Gasteiger charge is -2.29. The van der Waals surface area contributed by atoms with Gasteiger partial charge in [-0.25, -0.2) is 23.7 Å². The van der Waals surface area contributed by atoms with Gasteiger partial charge in [-0.05, 0) is 37.1 Å². The lowest BCUT2D eigenvalue weighted by atomic mass is 9.99. The Morgan fingerprint density at radius 3 is 2.90 bits per heavy atom. The first-order valence-corrected chi connectivity index (χ1v) is 9.47. The van der Waals surface area contributed by atoms with Gasteiger partial charge in [0.1, 0.15) is 24.6 Å². The molecule has 0 spiro atoms. The zero-order valence-electron chi connectivity index (χ0n) is 16.3. The molecule has 1 amide bonds. The molecular formula is C20H18FN7O2. The highest BCUT2D eigenvalue weighted by Crippen LogP contribution is 2.34. The predicted octanol–water partition coefficient (Wildman–Crippen LogP) is 3.45. The maximum absolute atomic E-state index is 14.7. The number of nitrogens with one attached hydrogen (secondary N) is 1.